The fourth-order valence-electron chi connectivity index (χ4n) is 4.11. The fraction of sp³-hybridized carbons (Fsp3) is 0.550. The van der Waals surface area contributed by atoms with Crippen molar-refractivity contribution in [2.75, 3.05) is 26.2 Å². The van der Waals surface area contributed by atoms with Crippen molar-refractivity contribution in [3.05, 3.63) is 34.9 Å². The van der Waals surface area contributed by atoms with Crippen molar-refractivity contribution < 1.29 is 19.1 Å². The Labute approximate surface area is 164 Å². The second-order valence-electron chi connectivity index (χ2n) is 7.51. The van der Waals surface area contributed by atoms with E-state index in [0.717, 1.165) is 37.2 Å². The minimum atomic E-state index is -0.577. The summed E-state index contributed by atoms with van der Waals surface area (Å²) in [5.41, 5.74) is 2.67. The lowest BCUT2D eigenvalue weighted by Gasteiger charge is -2.29. The SMILES string of the molecule is O=C1CCC(N2Cc3c(CNCCOC4CCNC4)cccc3C2=O)C(=O)N1. The van der Waals surface area contributed by atoms with Crippen molar-refractivity contribution in [1.29, 1.82) is 0 Å². The number of hydrogen-bond donors (Lipinski definition) is 3. The monoisotopic (exact) mass is 386 g/mol. The summed E-state index contributed by atoms with van der Waals surface area (Å²) in [6, 6.07) is 5.12. The molecular formula is C20H26N4O4. The van der Waals surface area contributed by atoms with E-state index in [4.69, 9.17) is 4.74 Å². The summed E-state index contributed by atoms with van der Waals surface area (Å²) in [4.78, 5) is 38.0. The molecule has 2 saturated heterocycles. The third kappa shape index (κ3) is 3.94. The van der Waals surface area contributed by atoms with Gasteiger partial charge in [-0.15, -0.1) is 0 Å². The number of ether oxygens (including phenoxy) is 1. The average Bonchev–Trinajstić information content (AvgIpc) is 3.31. The van der Waals surface area contributed by atoms with E-state index in [9.17, 15) is 14.4 Å². The lowest BCUT2D eigenvalue weighted by Crippen LogP contribution is -2.52. The maximum Gasteiger partial charge on any atom is 0.255 e. The Morgan fingerprint density at radius 1 is 1.21 bits per heavy atom. The molecule has 2 atom stereocenters. The van der Waals surface area contributed by atoms with Crippen molar-refractivity contribution in [2.45, 2.75) is 44.5 Å². The van der Waals surface area contributed by atoms with E-state index in [0.29, 0.717) is 37.8 Å². The first-order valence-corrected chi connectivity index (χ1v) is 9.92. The van der Waals surface area contributed by atoms with Crippen LogP contribution in [0.3, 0.4) is 0 Å². The number of nitrogens with one attached hydrogen (secondary N) is 3. The number of nitrogens with zero attached hydrogens (tertiary/aromatic N) is 1. The zero-order valence-electron chi connectivity index (χ0n) is 15.8. The molecule has 150 valence electrons. The first-order valence-electron chi connectivity index (χ1n) is 9.92. The molecule has 0 radical (unpaired) electrons. The Morgan fingerprint density at radius 2 is 2.11 bits per heavy atom. The predicted octanol–water partition coefficient (Wildman–Crippen LogP) is -0.0843. The normalized spacial score (nSPS) is 24.6. The van der Waals surface area contributed by atoms with Crippen LogP contribution in [-0.2, 0) is 27.4 Å². The van der Waals surface area contributed by atoms with Crippen LogP contribution in [0, 0.1) is 0 Å². The summed E-state index contributed by atoms with van der Waals surface area (Å²) in [5, 5.41) is 9.00. The van der Waals surface area contributed by atoms with Gasteiger partial charge >= 0.3 is 0 Å². The fourth-order valence-corrected chi connectivity index (χ4v) is 4.11. The molecule has 0 aromatic heterocycles. The van der Waals surface area contributed by atoms with Gasteiger partial charge in [0.15, 0.2) is 0 Å². The number of fused-ring (bicyclic) bond motifs is 1. The van der Waals surface area contributed by atoms with Crippen LogP contribution in [0.4, 0.5) is 0 Å². The molecule has 2 fully saturated rings. The lowest BCUT2D eigenvalue weighted by atomic mass is 10.0. The van der Waals surface area contributed by atoms with Crippen LogP contribution in [0.5, 0.6) is 0 Å². The van der Waals surface area contributed by atoms with Crippen LogP contribution in [-0.4, -0.2) is 61.0 Å². The average molecular weight is 386 g/mol. The number of piperidine rings is 1. The van der Waals surface area contributed by atoms with E-state index in [1.165, 1.54) is 0 Å². The van der Waals surface area contributed by atoms with Crippen LogP contribution in [0.25, 0.3) is 0 Å². The molecule has 3 aliphatic rings. The molecule has 8 nitrogen and oxygen atoms in total. The van der Waals surface area contributed by atoms with Gasteiger partial charge < -0.3 is 20.3 Å². The molecule has 1 aromatic rings. The molecule has 28 heavy (non-hydrogen) atoms. The highest BCUT2D eigenvalue weighted by Gasteiger charge is 2.39. The van der Waals surface area contributed by atoms with E-state index >= 15 is 0 Å². The van der Waals surface area contributed by atoms with Gasteiger partial charge in [0.1, 0.15) is 6.04 Å². The minimum Gasteiger partial charge on any atom is -0.376 e. The van der Waals surface area contributed by atoms with Gasteiger partial charge in [0.2, 0.25) is 11.8 Å². The van der Waals surface area contributed by atoms with Gasteiger partial charge in [-0.3, -0.25) is 19.7 Å². The van der Waals surface area contributed by atoms with Crippen LogP contribution in [0.15, 0.2) is 18.2 Å². The van der Waals surface area contributed by atoms with Crippen LogP contribution in [0.1, 0.15) is 40.7 Å². The Bertz CT molecular complexity index is 775. The highest BCUT2D eigenvalue weighted by atomic mass is 16.5. The number of carbonyl (C=O) groups excluding carboxylic acids is 3. The van der Waals surface area contributed by atoms with Crippen molar-refractivity contribution in [3.63, 3.8) is 0 Å². The van der Waals surface area contributed by atoms with E-state index in [1.54, 1.807) is 4.90 Å². The van der Waals surface area contributed by atoms with Crippen LogP contribution < -0.4 is 16.0 Å². The summed E-state index contributed by atoms with van der Waals surface area (Å²) < 4.78 is 5.81. The first-order chi connectivity index (χ1) is 13.6. The summed E-state index contributed by atoms with van der Waals surface area (Å²) in [5.74, 6) is -0.787. The number of carbonyl (C=O) groups is 3. The summed E-state index contributed by atoms with van der Waals surface area (Å²) in [6.45, 7) is 4.39. The maximum absolute atomic E-state index is 12.8. The molecule has 0 saturated carbocycles. The van der Waals surface area contributed by atoms with Gasteiger partial charge in [-0.05, 0) is 36.6 Å². The minimum absolute atomic E-state index is 0.136. The molecule has 4 rings (SSSR count). The highest BCUT2D eigenvalue weighted by Crippen LogP contribution is 2.29. The van der Waals surface area contributed by atoms with Gasteiger partial charge in [0.25, 0.3) is 5.91 Å². The van der Waals surface area contributed by atoms with Crippen molar-refractivity contribution in [3.8, 4) is 0 Å². The zero-order chi connectivity index (χ0) is 19.5. The van der Waals surface area contributed by atoms with Crippen LogP contribution in [0.2, 0.25) is 0 Å². The zero-order valence-corrected chi connectivity index (χ0v) is 15.8. The molecule has 1 aromatic carbocycles. The van der Waals surface area contributed by atoms with Gasteiger partial charge in [-0.25, -0.2) is 0 Å². The van der Waals surface area contributed by atoms with Crippen LogP contribution >= 0.6 is 0 Å². The largest absolute Gasteiger partial charge is 0.376 e. The quantitative estimate of drug-likeness (QED) is 0.448. The number of amides is 3. The summed E-state index contributed by atoms with van der Waals surface area (Å²) >= 11 is 0. The Morgan fingerprint density at radius 3 is 2.89 bits per heavy atom. The van der Waals surface area contributed by atoms with Gasteiger partial charge in [0.05, 0.1) is 12.7 Å². The summed E-state index contributed by atoms with van der Waals surface area (Å²) in [6.07, 6.45) is 2.01. The predicted molar refractivity (Wildman–Crippen MR) is 101 cm³/mol. The number of benzene rings is 1. The molecule has 0 spiro atoms. The Hall–Kier alpha value is -2.29. The Balaban J connectivity index is 1.34. The molecule has 3 heterocycles. The van der Waals surface area contributed by atoms with E-state index in [1.807, 2.05) is 18.2 Å². The van der Waals surface area contributed by atoms with Gasteiger partial charge in [-0.2, -0.15) is 0 Å². The van der Waals surface area contributed by atoms with E-state index < -0.39 is 6.04 Å². The van der Waals surface area contributed by atoms with Crippen molar-refractivity contribution >= 4 is 17.7 Å². The highest BCUT2D eigenvalue weighted by molar-refractivity contribution is 6.05. The molecule has 3 amide bonds. The molecular weight excluding hydrogens is 360 g/mol. The van der Waals surface area contributed by atoms with Gasteiger partial charge in [0, 0.05) is 38.2 Å². The summed E-state index contributed by atoms with van der Waals surface area (Å²) in [7, 11) is 0. The first kappa shape index (κ1) is 19.0. The second-order valence-corrected chi connectivity index (χ2v) is 7.51. The topological polar surface area (TPSA) is 99.8 Å². The molecule has 3 aliphatic heterocycles. The number of imide groups is 1. The third-order valence-corrected chi connectivity index (χ3v) is 5.64. The number of hydrogen-bond acceptors (Lipinski definition) is 6. The standard InChI is InChI=1S/C20H26N4O4/c25-18-5-4-17(19(26)23-18)24-12-16-13(2-1-3-15(16)20(24)27)10-22-8-9-28-14-6-7-21-11-14/h1-3,14,17,21-22H,4-12H2,(H,23,25,26). The molecule has 3 N–H and O–H groups in total. The molecule has 0 aliphatic carbocycles. The number of rotatable bonds is 7. The van der Waals surface area contributed by atoms with Crippen molar-refractivity contribution in [2.24, 2.45) is 0 Å². The Kier molecular flexibility index (Phi) is 5.70. The van der Waals surface area contributed by atoms with E-state index in [2.05, 4.69) is 16.0 Å². The lowest BCUT2D eigenvalue weighted by molar-refractivity contribution is -0.136. The van der Waals surface area contributed by atoms with Crippen molar-refractivity contribution in [1.82, 2.24) is 20.9 Å². The van der Waals surface area contributed by atoms with Gasteiger partial charge in [-0.1, -0.05) is 12.1 Å². The second kappa shape index (κ2) is 8.38. The molecule has 8 heteroatoms. The maximum atomic E-state index is 12.8. The molecule has 0 bridgehead atoms. The van der Waals surface area contributed by atoms with E-state index in [-0.39, 0.29) is 24.1 Å². The smallest absolute Gasteiger partial charge is 0.255 e. The third-order valence-electron chi connectivity index (χ3n) is 5.64. The molecule has 2 unspecified atom stereocenters.